The SMILES string of the molecule is Cc1cc(C)n(C(CNS(=O)(=O)c2cc3c4c(c2)CCN4C(=O)CC3)c2cccs2)n1. The van der Waals surface area contributed by atoms with E-state index in [0.29, 0.717) is 25.8 Å². The summed E-state index contributed by atoms with van der Waals surface area (Å²) in [6.07, 6.45) is 1.72. The molecule has 31 heavy (non-hydrogen) atoms. The normalized spacial score (nSPS) is 16.6. The third-order valence-electron chi connectivity index (χ3n) is 6.01. The maximum absolute atomic E-state index is 13.2. The number of aryl methyl sites for hydroxylation is 3. The molecule has 1 amide bonds. The fourth-order valence-corrected chi connectivity index (χ4v) is 6.55. The topological polar surface area (TPSA) is 84.3 Å². The smallest absolute Gasteiger partial charge is 0.240 e. The summed E-state index contributed by atoms with van der Waals surface area (Å²) in [6, 6.07) is 9.20. The van der Waals surface area contributed by atoms with E-state index in [1.165, 1.54) is 0 Å². The Morgan fingerprint density at radius 2 is 1.94 bits per heavy atom. The molecular weight excluding hydrogens is 432 g/mol. The third kappa shape index (κ3) is 3.60. The van der Waals surface area contributed by atoms with Crippen molar-refractivity contribution < 1.29 is 13.2 Å². The summed E-state index contributed by atoms with van der Waals surface area (Å²) in [5.74, 6) is 0.128. The molecule has 0 aliphatic carbocycles. The van der Waals surface area contributed by atoms with Crippen LogP contribution in [-0.2, 0) is 27.7 Å². The second-order valence-electron chi connectivity index (χ2n) is 8.14. The fourth-order valence-electron chi connectivity index (χ4n) is 4.60. The molecule has 4 heterocycles. The lowest BCUT2D eigenvalue weighted by Crippen LogP contribution is -2.33. The van der Waals surface area contributed by atoms with Crippen LogP contribution in [0.2, 0.25) is 0 Å². The van der Waals surface area contributed by atoms with E-state index in [2.05, 4.69) is 9.82 Å². The van der Waals surface area contributed by atoms with Gasteiger partial charge in [-0.05, 0) is 67.5 Å². The highest BCUT2D eigenvalue weighted by Crippen LogP contribution is 2.38. The van der Waals surface area contributed by atoms with Crippen molar-refractivity contribution in [2.24, 2.45) is 0 Å². The van der Waals surface area contributed by atoms with Crippen LogP contribution >= 0.6 is 11.3 Å². The molecule has 2 aliphatic heterocycles. The fraction of sp³-hybridized carbons (Fsp3) is 0.364. The van der Waals surface area contributed by atoms with Crippen LogP contribution in [-0.4, -0.2) is 37.2 Å². The number of amides is 1. The molecule has 2 aromatic heterocycles. The standard InChI is InChI=1S/C22H24N4O3S2/c1-14-10-15(2)26(24-14)19(20-4-3-9-30-20)13-23-31(28,29)18-11-16-5-6-21(27)25-8-7-17(12-18)22(16)25/h3-4,9-12,19,23H,5-8,13H2,1-2H3. The first kappa shape index (κ1) is 20.4. The third-order valence-corrected chi connectivity index (χ3v) is 8.39. The van der Waals surface area contributed by atoms with Crippen molar-refractivity contribution in [1.82, 2.24) is 14.5 Å². The number of rotatable bonds is 6. The highest BCUT2D eigenvalue weighted by atomic mass is 32.2. The number of aromatic nitrogens is 2. The van der Waals surface area contributed by atoms with Crippen molar-refractivity contribution in [3.8, 4) is 0 Å². The number of anilines is 1. The molecule has 0 radical (unpaired) electrons. The van der Waals surface area contributed by atoms with E-state index in [0.717, 1.165) is 33.1 Å². The van der Waals surface area contributed by atoms with Gasteiger partial charge in [0.1, 0.15) is 0 Å². The van der Waals surface area contributed by atoms with E-state index >= 15 is 0 Å². The molecule has 2 aliphatic rings. The van der Waals surface area contributed by atoms with Gasteiger partial charge in [0.15, 0.2) is 0 Å². The average molecular weight is 457 g/mol. The Kier molecular flexibility index (Phi) is 4.99. The van der Waals surface area contributed by atoms with E-state index < -0.39 is 10.0 Å². The first-order valence-electron chi connectivity index (χ1n) is 10.4. The van der Waals surface area contributed by atoms with Gasteiger partial charge in [-0.2, -0.15) is 5.10 Å². The van der Waals surface area contributed by atoms with Gasteiger partial charge in [0.2, 0.25) is 15.9 Å². The molecule has 0 fully saturated rings. The van der Waals surface area contributed by atoms with Gasteiger partial charge < -0.3 is 4.90 Å². The molecule has 162 valence electrons. The molecule has 1 aromatic carbocycles. The maximum Gasteiger partial charge on any atom is 0.240 e. The van der Waals surface area contributed by atoms with Gasteiger partial charge in [-0.25, -0.2) is 13.1 Å². The molecule has 1 N–H and O–H groups in total. The number of carbonyl (C=O) groups excluding carboxylic acids is 1. The summed E-state index contributed by atoms with van der Waals surface area (Å²) in [5.41, 5.74) is 4.71. The molecule has 9 heteroatoms. The van der Waals surface area contributed by atoms with Gasteiger partial charge in [-0.15, -0.1) is 11.3 Å². The summed E-state index contributed by atoms with van der Waals surface area (Å²) < 4.78 is 31.2. The van der Waals surface area contributed by atoms with Crippen molar-refractivity contribution in [2.45, 2.75) is 44.0 Å². The Balaban J connectivity index is 1.44. The summed E-state index contributed by atoms with van der Waals surface area (Å²) in [4.78, 5) is 15.3. The van der Waals surface area contributed by atoms with Crippen LogP contribution in [0.3, 0.4) is 0 Å². The van der Waals surface area contributed by atoms with Crippen LogP contribution in [0, 0.1) is 13.8 Å². The molecule has 1 unspecified atom stereocenters. The van der Waals surface area contributed by atoms with Crippen molar-refractivity contribution in [3.05, 3.63) is 63.1 Å². The van der Waals surface area contributed by atoms with Crippen molar-refractivity contribution >= 4 is 33.0 Å². The molecular formula is C22H24N4O3S2. The molecule has 3 aromatic rings. The summed E-state index contributed by atoms with van der Waals surface area (Å²) in [5, 5.41) is 6.58. The number of hydrogen-bond acceptors (Lipinski definition) is 5. The molecule has 0 bridgehead atoms. The quantitative estimate of drug-likeness (QED) is 0.618. The number of nitrogens with zero attached hydrogens (tertiary/aromatic N) is 3. The van der Waals surface area contributed by atoms with Gasteiger partial charge in [-0.3, -0.25) is 9.48 Å². The Morgan fingerprint density at radius 3 is 2.61 bits per heavy atom. The Labute approximate surface area is 185 Å². The second kappa shape index (κ2) is 7.58. The highest BCUT2D eigenvalue weighted by molar-refractivity contribution is 7.89. The predicted octanol–water partition coefficient (Wildman–Crippen LogP) is 2.96. The van der Waals surface area contributed by atoms with Crippen LogP contribution < -0.4 is 9.62 Å². The lowest BCUT2D eigenvalue weighted by molar-refractivity contribution is -0.118. The molecule has 1 atom stereocenters. The first-order chi connectivity index (χ1) is 14.8. The molecule has 0 spiro atoms. The highest BCUT2D eigenvalue weighted by Gasteiger charge is 2.33. The van der Waals surface area contributed by atoms with Gasteiger partial charge >= 0.3 is 0 Å². The molecule has 0 saturated heterocycles. The summed E-state index contributed by atoms with van der Waals surface area (Å²) in [6.45, 7) is 4.76. The van der Waals surface area contributed by atoms with Gasteiger partial charge in [0, 0.05) is 30.1 Å². The number of carbonyl (C=O) groups is 1. The first-order valence-corrected chi connectivity index (χ1v) is 12.7. The van der Waals surface area contributed by atoms with Gasteiger partial charge in [0.05, 0.1) is 22.3 Å². The van der Waals surface area contributed by atoms with Crippen molar-refractivity contribution in [3.63, 3.8) is 0 Å². The summed E-state index contributed by atoms with van der Waals surface area (Å²) >= 11 is 1.59. The number of sulfonamides is 1. The Morgan fingerprint density at radius 1 is 1.16 bits per heavy atom. The maximum atomic E-state index is 13.2. The van der Waals surface area contributed by atoms with E-state index in [-0.39, 0.29) is 23.4 Å². The van der Waals surface area contributed by atoms with Crippen molar-refractivity contribution in [1.29, 1.82) is 0 Å². The van der Waals surface area contributed by atoms with Crippen LogP contribution in [0.5, 0.6) is 0 Å². The number of hydrogen-bond donors (Lipinski definition) is 1. The summed E-state index contributed by atoms with van der Waals surface area (Å²) in [7, 11) is -3.71. The number of nitrogens with one attached hydrogen (secondary N) is 1. The zero-order valence-corrected chi connectivity index (χ0v) is 19.1. The minimum absolute atomic E-state index is 0.128. The van der Waals surface area contributed by atoms with Crippen LogP contribution in [0.15, 0.2) is 40.6 Å². The van der Waals surface area contributed by atoms with E-state index in [4.69, 9.17) is 0 Å². The largest absolute Gasteiger partial charge is 0.312 e. The predicted molar refractivity (Wildman–Crippen MR) is 120 cm³/mol. The van der Waals surface area contributed by atoms with Crippen LogP contribution in [0.1, 0.15) is 39.9 Å². The van der Waals surface area contributed by atoms with Crippen molar-refractivity contribution in [2.75, 3.05) is 18.0 Å². The lowest BCUT2D eigenvalue weighted by Gasteiger charge is -2.26. The average Bonchev–Trinajstić information content (AvgIpc) is 3.46. The van der Waals surface area contributed by atoms with Gasteiger partial charge in [0.25, 0.3) is 0 Å². The van der Waals surface area contributed by atoms with Crippen LogP contribution in [0.4, 0.5) is 5.69 Å². The van der Waals surface area contributed by atoms with E-state index in [1.807, 2.05) is 42.1 Å². The minimum atomic E-state index is -3.71. The Hall–Kier alpha value is -2.49. The second-order valence-corrected chi connectivity index (χ2v) is 10.9. The van der Waals surface area contributed by atoms with Gasteiger partial charge in [-0.1, -0.05) is 6.07 Å². The zero-order valence-electron chi connectivity index (χ0n) is 17.5. The van der Waals surface area contributed by atoms with Crippen LogP contribution in [0.25, 0.3) is 0 Å². The minimum Gasteiger partial charge on any atom is -0.312 e. The lowest BCUT2D eigenvalue weighted by atomic mass is 10.00. The molecule has 0 saturated carbocycles. The van der Waals surface area contributed by atoms with E-state index in [1.54, 1.807) is 28.4 Å². The Bertz CT molecular complexity index is 1260. The molecule has 5 rings (SSSR count). The monoisotopic (exact) mass is 456 g/mol. The number of benzene rings is 1. The number of thiophene rings is 1. The zero-order chi connectivity index (χ0) is 21.8. The van der Waals surface area contributed by atoms with E-state index in [9.17, 15) is 13.2 Å². The molecule has 7 nitrogen and oxygen atoms in total.